The molecule has 0 amide bonds. The van der Waals surface area contributed by atoms with Crippen LogP contribution in [0.2, 0.25) is 0 Å². The summed E-state index contributed by atoms with van der Waals surface area (Å²) >= 11 is 0. The number of nitrogens with zero attached hydrogens (tertiary/aromatic N) is 1. The van der Waals surface area contributed by atoms with E-state index in [1.807, 2.05) is 36.4 Å². The Labute approximate surface area is 248 Å². The van der Waals surface area contributed by atoms with Crippen LogP contribution in [0.15, 0.2) is 109 Å². The van der Waals surface area contributed by atoms with Gasteiger partial charge in [0.1, 0.15) is 0 Å². The number of aryl methyl sites for hydroxylation is 2. The molecule has 6 nitrogen and oxygen atoms in total. The fourth-order valence-corrected chi connectivity index (χ4v) is 5.06. The van der Waals surface area contributed by atoms with Gasteiger partial charge in [-0.05, 0) is 60.0 Å². The predicted octanol–water partition coefficient (Wildman–Crippen LogP) is 6.47. The van der Waals surface area contributed by atoms with Gasteiger partial charge < -0.3 is 20.1 Å². The van der Waals surface area contributed by atoms with Gasteiger partial charge in [0, 0.05) is 25.1 Å². The number of benzene rings is 4. The third-order valence-corrected chi connectivity index (χ3v) is 7.38. The predicted molar refractivity (Wildman–Crippen MR) is 165 cm³/mol. The molecule has 0 aliphatic carbocycles. The van der Waals surface area contributed by atoms with E-state index in [4.69, 9.17) is 9.84 Å². The maximum Gasteiger partial charge on any atom is 0.303 e. The van der Waals surface area contributed by atoms with E-state index in [-0.39, 0.29) is 12.5 Å². The average molecular weight is 568 g/mol. The molecule has 1 atom stereocenters. The molecule has 0 saturated carbocycles. The molecule has 42 heavy (non-hydrogen) atoms. The number of unbranched alkanes of at least 4 members (excludes halogenated alkanes) is 1. The van der Waals surface area contributed by atoms with Crippen molar-refractivity contribution in [1.29, 1.82) is 0 Å². The van der Waals surface area contributed by atoms with Gasteiger partial charge in [-0.1, -0.05) is 109 Å². The lowest BCUT2D eigenvalue weighted by atomic mass is 10.0. The summed E-state index contributed by atoms with van der Waals surface area (Å²) in [6, 6.07) is 36.6. The SMILES string of the molecule is O=C(O)CCCCN(Cc1ccc(C(O)O)cc1)C[C@H](OCc1cccc(CCc2ccccc2)c1)c1ccccc1. The fourth-order valence-electron chi connectivity index (χ4n) is 5.06. The number of carbonyl (C=O) groups is 1. The van der Waals surface area contributed by atoms with Crippen LogP contribution in [0.1, 0.15) is 65.0 Å². The molecule has 0 unspecified atom stereocenters. The van der Waals surface area contributed by atoms with Gasteiger partial charge in [0.05, 0.1) is 12.7 Å². The third kappa shape index (κ3) is 10.5. The first-order chi connectivity index (χ1) is 20.5. The molecule has 4 aromatic rings. The molecule has 0 aliphatic heterocycles. The first-order valence-electron chi connectivity index (χ1n) is 14.6. The Morgan fingerprint density at radius 2 is 1.33 bits per heavy atom. The summed E-state index contributed by atoms with van der Waals surface area (Å²) in [7, 11) is 0. The molecule has 0 spiro atoms. The van der Waals surface area contributed by atoms with Gasteiger partial charge in [0.25, 0.3) is 0 Å². The zero-order chi connectivity index (χ0) is 29.6. The topological polar surface area (TPSA) is 90.2 Å². The van der Waals surface area contributed by atoms with E-state index in [0.29, 0.717) is 31.7 Å². The second kappa shape index (κ2) is 16.6. The Balaban J connectivity index is 1.45. The number of hydrogen-bond donors (Lipinski definition) is 3. The Morgan fingerprint density at radius 1 is 0.690 bits per heavy atom. The first kappa shape index (κ1) is 31.1. The molecule has 0 saturated heterocycles. The van der Waals surface area contributed by atoms with Gasteiger partial charge in [0.15, 0.2) is 6.29 Å². The van der Waals surface area contributed by atoms with Gasteiger partial charge in [-0.2, -0.15) is 0 Å². The monoisotopic (exact) mass is 567 g/mol. The second-order valence-electron chi connectivity index (χ2n) is 10.7. The fraction of sp³-hybridized carbons (Fsp3) is 0.306. The minimum atomic E-state index is -1.50. The number of aliphatic hydroxyl groups is 2. The maximum absolute atomic E-state index is 11.1. The van der Waals surface area contributed by atoms with E-state index in [1.165, 1.54) is 11.1 Å². The molecule has 6 heteroatoms. The van der Waals surface area contributed by atoms with Crippen LogP contribution in [-0.2, 0) is 35.5 Å². The summed E-state index contributed by atoms with van der Waals surface area (Å²) in [6.45, 7) is 2.47. The van der Waals surface area contributed by atoms with Crippen molar-refractivity contribution < 1.29 is 24.9 Å². The van der Waals surface area contributed by atoms with Crippen molar-refractivity contribution in [1.82, 2.24) is 4.90 Å². The lowest BCUT2D eigenvalue weighted by molar-refractivity contribution is -0.137. The number of carboxylic acid groups (broad SMARTS) is 1. The number of ether oxygens (including phenoxy) is 1. The number of carboxylic acids is 1. The van der Waals surface area contributed by atoms with Crippen LogP contribution in [-0.4, -0.2) is 39.3 Å². The lowest BCUT2D eigenvalue weighted by Gasteiger charge is -2.28. The molecule has 4 rings (SSSR count). The van der Waals surface area contributed by atoms with Crippen molar-refractivity contribution in [3.63, 3.8) is 0 Å². The van der Waals surface area contributed by atoms with Crippen LogP contribution < -0.4 is 0 Å². The van der Waals surface area contributed by atoms with Gasteiger partial charge in [0.2, 0.25) is 0 Å². The summed E-state index contributed by atoms with van der Waals surface area (Å²) in [6.07, 6.45) is 1.79. The molecular weight excluding hydrogens is 526 g/mol. The number of aliphatic carboxylic acids is 1. The second-order valence-corrected chi connectivity index (χ2v) is 10.7. The molecule has 4 aromatic carbocycles. The van der Waals surface area contributed by atoms with E-state index >= 15 is 0 Å². The highest BCUT2D eigenvalue weighted by atomic mass is 16.5. The highest BCUT2D eigenvalue weighted by Gasteiger charge is 2.18. The summed E-state index contributed by atoms with van der Waals surface area (Å²) < 4.78 is 6.59. The smallest absolute Gasteiger partial charge is 0.303 e. The summed E-state index contributed by atoms with van der Waals surface area (Å²) in [5.41, 5.74) is 6.32. The molecule has 0 heterocycles. The summed E-state index contributed by atoms with van der Waals surface area (Å²) in [5.74, 6) is -0.781. The zero-order valence-corrected chi connectivity index (χ0v) is 24.0. The standard InChI is InChI=1S/C36H41NO5/c38-35(39)16-7-8-23-37(25-30-19-21-33(22-20-30)36(40)41)26-34(32-14-5-2-6-15-32)42-27-31-13-9-12-29(24-31)18-17-28-10-3-1-4-11-28/h1-6,9-15,19-22,24,34,36,40-41H,7-8,16-18,23,25-27H2,(H,38,39)/t34-/m0/s1. The van der Waals surface area contributed by atoms with E-state index in [9.17, 15) is 15.0 Å². The van der Waals surface area contributed by atoms with Gasteiger partial charge >= 0.3 is 5.97 Å². The highest BCUT2D eigenvalue weighted by Crippen LogP contribution is 2.23. The van der Waals surface area contributed by atoms with Crippen LogP contribution in [0.3, 0.4) is 0 Å². The minimum absolute atomic E-state index is 0.149. The van der Waals surface area contributed by atoms with E-state index < -0.39 is 12.3 Å². The van der Waals surface area contributed by atoms with Crippen LogP contribution >= 0.6 is 0 Å². The van der Waals surface area contributed by atoms with Crippen LogP contribution in [0.5, 0.6) is 0 Å². The van der Waals surface area contributed by atoms with Crippen molar-refractivity contribution in [3.05, 3.63) is 143 Å². The van der Waals surface area contributed by atoms with Crippen LogP contribution in [0, 0.1) is 0 Å². The maximum atomic E-state index is 11.1. The molecule has 220 valence electrons. The minimum Gasteiger partial charge on any atom is -0.481 e. The first-order valence-corrected chi connectivity index (χ1v) is 14.6. The molecule has 3 N–H and O–H groups in total. The van der Waals surface area contributed by atoms with Gasteiger partial charge in [-0.15, -0.1) is 0 Å². The summed E-state index contributed by atoms with van der Waals surface area (Å²) in [4.78, 5) is 13.4. The van der Waals surface area contributed by atoms with E-state index in [1.54, 1.807) is 12.1 Å². The van der Waals surface area contributed by atoms with Crippen LogP contribution in [0.25, 0.3) is 0 Å². The number of rotatable bonds is 17. The van der Waals surface area contributed by atoms with E-state index in [2.05, 4.69) is 65.6 Å². The lowest BCUT2D eigenvalue weighted by Crippen LogP contribution is -2.30. The Morgan fingerprint density at radius 3 is 2.02 bits per heavy atom. The highest BCUT2D eigenvalue weighted by molar-refractivity contribution is 5.66. The zero-order valence-electron chi connectivity index (χ0n) is 24.0. The van der Waals surface area contributed by atoms with Crippen LogP contribution in [0.4, 0.5) is 0 Å². The normalized spacial score (nSPS) is 12.1. The molecule has 0 aromatic heterocycles. The Bertz CT molecular complexity index is 1340. The Hall–Kier alpha value is -3.81. The van der Waals surface area contributed by atoms with Crippen molar-refractivity contribution >= 4 is 5.97 Å². The van der Waals surface area contributed by atoms with Crippen molar-refractivity contribution in [2.75, 3.05) is 13.1 Å². The molecule has 0 fully saturated rings. The molecule has 0 bridgehead atoms. The van der Waals surface area contributed by atoms with Crippen molar-refractivity contribution in [3.8, 4) is 0 Å². The molecule has 0 aliphatic rings. The average Bonchev–Trinajstić information content (AvgIpc) is 3.01. The number of aliphatic hydroxyl groups excluding tert-OH is 1. The Kier molecular flexibility index (Phi) is 12.3. The molecular formula is C36H41NO5. The quantitative estimate of drug-likeness (QED) is 0.100. The van der Waals surface area contributed by atoms with Gasteiger partial charge in [-0.3, -0.25) is 9.69 Å². The largest absolute Gasteiger partial charge is 0.481 e. The molecule has 0 radical (unpaired) electrons. The third-order valence-electron chi connectivity index (χ3n) is 7.38. The van der Waals surface area contributed by atoms with Gasteiger partial charge in [-0.25, -0.2) is 0 Å². The van der Waals surface area contributed by atoms with Crippen molar-refractivity contribution in [2.45, 2.75) is 57.6 Å². The number of hydrogen-bond acceptors (Lipinski definition) is 5. The summed E-state index contributed by atoms with van der Waals surface area (Å²) in [5, 5.41) is 28.0. The van der Waals surface area contributed by atoms with E-state index in [0.717, 1.165) is 42.5 Å². The van der Waals surface area contributed by atoms with Crippen molar-refractivity contribution in [2.24, 2.45) is 0 Å².